The largest absolute Gasteiger partial charge is 0.497 e. The number of aromatic nitrogens is 2. The van der Waals surface area contributed by atoms with E-state index in [0.29, 0.717) is 12.4 Å². The summed E-state index contributed by atoms with van der Waals surface area (Å²) in [5.74, 6) is 1.99. The predicted octanol–water partition coefficient (Wildman–Crippen LogP) is 3.03. The van der Waals surface area contributed by atoms with E-state index in [9.17, 15) is 4.79 Å². The second-order valence-electron chi connectivity index (χ2n) is 8.12. The van der Waals surface area contributed by atoms with Crippen LogP contribution < -0.4 is 9.64 Å². The molecule has 6 heteroatoms. The van der Waals surface area contributed by atoms with Crippen molar-refractivity contribution in [2.24, 2.45) is 5.92 Å². The van der Waals surface area contributed by atoms with Gasteiger partial charge in [0.25, 0.3) is 0 Å². The maximum Gasteiger partial charge on any atom is 0.225 e. The van der Waals surface area contributed by atoms with E-state index in [1.54, 1.807) is 7.11 Å². The van der Waals surface area contributed by atoms with Crippen molar-refractivity contribution in [3.8, 4) is 5.75 Å². The molecule has 0 spiro atoms. The number of carbonyl (C=O) groups excluding carboxylic acids is 1. The van der Waals surface area contributed by atoms with Crippen molar-refractivity contribution < 1.29 is 9.53 Å². The second kappa shape index (κ2) is 6.74. The molecule has 1 aliphatic heterocycles. The molecule has 1 aromatic heterocycles. The highest BCUT2D eigenvalue weighted by Crippen LogP contribution is 2.28. The van der Waals surface area contributed by atoms with Crippen molar-refractivity contribution in [3.05, 3.63) is 23.9 Å². The van der Waals surface area contributed by atoms with E-state index >= 15 is 0 Å². The molecule has 0 saturated carbocycles. The third kappa shape index (κ3) is 3.59. The number of amides is 1. The van der Waals surface area contributed by atoms with Gasteiger partial charge >= 0.3 is 0 Å². The number of rotatable bonds is 4. The minimum atomic E-state index is -0.128. The summed E-state index contributed by atoms with van der Waals surface area (Å²) in [7, 11) is 3.64. The smallest absolute Gasteiger partial charge is 0.225 e. The van der Waals surface area contributed by atoms with Crippen LogP contribution in [0.15, 0.2) is 18.2 Å². The monoisotopic (exact) mass is 356 g/mol. The van der Waals surface area contributed by atoms with Gasteiger partial charge in [0.1, 0.15) is 5.75 Å². The third-order valence-electron chi connectivity index (χ3n) is 4.97. The lowest BCUT2D eigenvalue weighted by Gasteiger charge is -2.32. The number of anilines is 1. The Hall–Kier alpha value is -2.37. The van der Waals surface area contributed by atoms with Crippen LogP contribution in [0.5, 0.6) is 5.75 Å². The van der Waals surface area contributed by atoms with Crippen molar-refractivity contribution in [3.63, 3.8) is 0 Å². The van der Waals surface area contributed by atoms with Crippen LogP contribution in [0, 0.1) is 12.8 Å². The summed E-state index contributed by atoms with van der Waals surface area (Å²) in [6, 6.07) is 5.85. The molecule has 0 unspecified atom stereocenters. The van der Waals surface area contributed by atoms with Crippen LogP contribution in [-0.2, 0) is 4.79 Å². The molecule has 1 aromatic carbocycles. The molecule has 1 fully saturated rings. The first-order chi connectivity index (χ1) is 12.2. The number of methoxy groups -OCH3 is 1. The normalized spacial score (nSPS) is 17.8. The maximum atomic E-state index is 12.3. The molecule has 1 aliphatic rings. The second-order valence-corrected chi connectivity index (χ2v) is 8.12. The summed E-state index contributed by atoms with van der Waals surface area (Å²) in [6.45, 7) is 9.79. The first-order valence-electron chi connectivity index (χ1n) is 9.03. The number of carbonyl (C=O) groups is 1. The standard InChI is InChI=1S/C20H28N4O2/c1-13-16-8-7-15(26-6)10-17(16)22-19(21-13)23(5)11-14-9-18(25)24(12-14)20(2,3)4/h7-8,10,14H,9,11-12H2,1-6H3/t14-/m1/s1. The average Bonchev–Trinajstić information content (AvgIpc) is 2.94. The minimum absolute atomic E-state index is 0.128. The molecule has 2 heterocycles. The lowest BCUT2D eigenvalue weighted by atomic mass is 10.1. The van der Waals surface area contributed by atoms with E-state index in [1.165, 1.54) is 0 Å². The van der Waals surface area contributed by atoms with E-state index in [-0.39, 0.29) is 17.4 Å². The SMILES string of the molecule is COc1ccc2c(C)nc(N(C)C[C@H]3CC(=O)N(C(C)(C)C)C3)nc2c1. The Bertz CT molecular complexity index is 828. The molecule has 26 heavy (non-hydrogen) atoms. The highest BCUT2D eigenvalue weighted by molar-refractivity contribution is 5.83. The fourth-order valence-corrected chi connectivity index (χ4v) is 3.57. The topological polar surface area (TPSA) is 58.6 Å². The number of nitrogens with zero attached hydrogens (tertiary/aromatic N) is 4. The third-order valence-corrected chi connectivity index (χ3v) is 4.97. The molecule has 1 saturated heterocycles. The molecule has 140 valence electrons. The van der Waals surface area contributed by atoms with Gasteiger partial charge in [-0.2, -0.15) is 0 Å². The van der Waals surface area contributed by atoms with Crippen LogP contribution >= 0.6 is 0 Å². The zero-order valence-corrected chi connectivity index (χ0v) is 16.5. The number of hydrogen-bond acceptors (Lipinski definition) is 5. The van der Waals surface area contributed by atoms with Gasteiger partial charge in [-0.05, 0) is 39.8 Å². The Morgan fingerprint density at radius 2 is 2.04 bits per heavy atom. The number of fused-ring (bicyclic) bond motifs is 1. The number of hydrogen-bond donors (Lipinski definition) is 0. The Balaban J connectivity index is 1.80. The predicted molar refractivity (Wildman–Crippen MR) is 104 cm³/mol. The lowest BCUT2D eigenvalue weighted by molar-refractivity contribution is -0.131. The molecular formula is C20H28N4O2. The van der Waals surface area contributed by atoms with E-state index < -0.39 is 0 Å². The first kappa shape index (κ1) is 18.4. The minimum Gasteiger partial charge on any atom is -0.497 e. The molecule has 0 radical (unpaired) electrons. The summed E-state index contributed by atoms with van der Waals surface area (Å²) >= 11 is 0. The van der Waals surface area contributed by atoms with Gasteiger partial charge in [0.05, 0.1) is 18.3 Å². The number of benzene rings is 1. The van der Waals surface area contributed by atoms with Crippen LogP contribution in [0.4, 0.5) is 5.95 Å². The molecule has 0 N–H and O–H groups in total. The number of ether oxygens (including phenoxy) is 1. The van der Waals surface area contributed by atoms with E-state index in [4.69, 9.17) is 9.72 Å². The molecule has 6 nitrogen and oxygen atoms in total. The van der Waals surface area contributed by atoms with Crippen LogP contribution in [0.25, 0.3) is 10.9 Å². The molecule has 3 rings (SSSR count). The summed E-state index contributed by atoms with van der Waals surface area (Å²) in [5, 5.41) is 1.03. The molecule has 0 aliphatic carbocycles. The molecule has 1 atom stereocenters. The fraction of sp³-hybridized carbons (Fsp3) is 0.550. The molecule has 1 amide bonds. The van der Waals surface area contributed by atoms with Gasteiger partial charge in [0, 0.05) is 49.5 Å². The van der Waals surface area contributed by atoms with Crippen LogP contribution in [0.2, 0.25) is 0 Å². The van der Waals surface area contributed by atoms with Crippen LogP contribution in [0.3, 0.4) is 0 Å². The van der Waals surface area contributed by atoms with Gasteiger partial charge in [-0.15, -0.1) is 0 Å². The fourth-order valence-electron chi connectivity index (χ4n) is 3.57. The Kier molecular flexibility index (Phi) is 4.78. The lowest BCUT2D eigenvalue weighted by Crippen LogP contribution is -2.42. The molecule has 0 bridgehead atoms. The van der Waals surface area contributed by atoms with Crippen LogP contribution in [0.1, 0.15) is 32.9 Å². The van der Waals surface area contributed by atoms with Crippen LogP contribution in [-0.4, -0.2) is 53.6 Å². The van der Waals surface area contributed by atoms with E-state index in [0.717, 1.165) is 35.4 Å². The van der Waals surface area contributed by atoms with Crippen molar-refractivity contribution in [1.82, 2.24) is 14.9 Å². The van der Waals surface area contributed by atoms with Crippen molar-refractivity contribution in [1.29, 1.82) is 0 Å². The van der Waals surface area contributed by atoms with Gasteiger partial charge in [-0.1, -0.05) is 0 Å². The van der Waals surface area contributed by atoms with Gasteiger partial charge in [0.2, 0.25) is 11.9 Å². The Morgan fingerprint density at radius 1 is 1.31 bits per heavy atom. The Morgan fingerprint density at radius 3 is 2.65 bits per heavy atom. The highest BCUT2D eigenvalue weighted by Gasteiger charge is 2.36. The maximum absolute atomic E-state index is 12.3. The summed E-state index contributed by atoms with van der Waals surface area (Å²) in [4.78, 5) is 25.7. The summed E-state index contributed by atoms with van der Waals surface area (Å²) in [5.41, 5.74) is 1.69. The average molecular weight is 356 g/mol. The van der Waals surface area contributed by atoms with Crippen molar-refractivity contribution in [2.75, 3.05) is 32.1 Å². The van der Waals surface area contributed by atoms with Crippen molar-refractivity contribution >= 4 is 22.8 Å². The summed E-state index contributed by atoms with van der Waals surface area (Å²) < 4.78 is 5.31. The highest BCUT2D eigenvalue weighted by atomic mass is 16.5. The van der Waals surface area contributed by atoms with Gasteiger partial charge in [0.15, 0.2) is 0 Å². The first-order valence-corrected chi connectivity index (χ1v) is 9.03. The quantitative estimate of drug-likeness (QED) is 0.843. The van der Waals surface area contributed by atoms with E-state index in [2.05, 4.69) is 30.7 Å². The van der Waals surface area contributed by atoms with E-state index in [1.807, 2.05) is 37.1 Å². The Labute approximate surface area is 155 Å². The van der Waals surface area contributed by atoms with Gasteiger partial charge in [-0.3, -0.25) is 4.79 Å². The van der Waals surface area contributed by atoms with Crippen molar-refractivity contribution in [2.45, 2.75) is 39.7 Å². The number of likely N-dealkylation sites (tertiary alicyclic amines) is 1. The number of aryl methyl sites for hydroxylation is 1. The molecular weight excluding hydrogens is 328 g/mol. The zero-order chi connectivity index (χ0) is 19.1. The van der Waals surface area contributed by atoms with Gasteiger partial charge in [-0.25, -0.2) is 9.97 Å². The van der Waals surface area contributed by atoms with Gasteiger partial charge < -0.3 is 14.5 Å². The molecule has 2 aromatic rings. The zero-order valence-electron chi connectivity index (χ0n) is 16.5. The summed E-state index contributed by atoms with van der Waals surface area (Å²) in [6.07, 6.45) is 0.585.